The third-order valence-corrected chi connectivity index (χ3v) is 5.02. The fourth-order valence-electron chi connectivity index (χ4n) is 3.60. The van der Waals surface area contributed by atoms with Crippen molar-refractivity contribution in [1.82, 2.24) is 19.5 Å². The van der Waals surface area contributed by atoms with Gasteiger partial charge in [0.1, 0.15) is 6.33 Å². The van der Waals surface area contributed by atoms with Gasteiger partial charge in [0.05, 0.1) is 19.0 Å². The van der Waals surface area contributed by atoms with E-state index >= 15 is 0 Å². The number of aromatic nitrogens is 4. The summed E-state index contributed by atoms with van der Waals surface area (Å²) in [5.41, 5.74) is 3.17. The molecular weight excluding hydrogens is 314 g/mol. The van der Waals surface area contributed by atoms with Crippen molar-refractivity contribution in [2.24, 2.45) is 0 Å². The largest absolute Gasteiger partial charge is 0.374 e. The average Bonchev–Trinajstić information content (AvgIpc) is 3.41. The predicted octanol–water partition coefficient (Wildman–Crippen LogP) is 2.61. The summed E-state index contributed by atoms with van der Waals surface area (Å²) >= 11 is 0. The first-order chi connectivity index (χ1) is 12.4. The zero-order valence-corrected chi connectivity index (χ0v) is 14.1. The number of rotatable bonds is 4. The summed E-state index contributed by atoms with van der Waals surface area (Å²) < 4.78 is 8.19. The second-order valence-corrected chi connectivity index (χ2v) is 6.88. The highest BCUT2D eigenvalue weighted by atomic mass is 16.5. The molecule has 0 radical (unpaired) electrons. The monoisotopic (exact) mass is 335 g/mol. The lowest BCUT2D eigenvalue weighted by Crippen LogP contribution is -2.44. The molecule has 128 valence electrons. The van der Waals surface area contributed by atoms with E-state index in [0.29, 0.717) is 12.6 Å². The summed E-state index contributed by atoms with van der Waals surface area (Å²) in [6, 6.07) is 11.1. The summed E-state index contributed by atoms with van der Waals surface area (Å²) in [7, 11) is 0. The number of benzene rings is 1. The van der Waals surface area contributed by atoms with E-state index < -0.39 is 0 Å². The molecule has 0 bridgehead atoms. The molecule has 6 heteroatoms. The summed E-state index contributed by atoms with van der Waals surface area (Å²) in [5.74, 6) is 0.936. The fraction of sp³-hybridized carbons (Fsp3) is 0.421. The van der Waals surface area contributed by atoms with Gasteiger partial charge in [-0.25, -0.2) is 15.0 Å². The number of morpholine rings is 1. The van der Waals surface area contributed by atoms with Crippen LogP contribution in [-0.2, 0) is 11.2 Å². The van der Waals surface area contributed by atoms with E-state index in [1.807, 2.05) is 12.4 Å². The van der Waals surface area contributed by atoms with Crippen molar-refractivity contribution < 1.29 is 4.74 Å². The van der Waals surface area contributed by atoms with Crippen LogP contribution < -0.4 is 4.90 Å². The van der Waals surface area contributed by atoms with Gasteiger partial charge in [0, 0.05) is 25.6 Å². The van der Waals surface area contributed by atoms with E-state index in [1.165, 1.54) is 18.4 Å². The Balaban J connectivity index is 1.40. The molecule has 0 N–H and O–H groups in total. The van der Waals surface area contributed by atoms with Crippen LogP contribution in [0.1, 0.15) is 24.4 Å². The van der Waals surface area contributed by atoms with Crippen molar-refractivity contribution in [3.63, 3.8) is 0 Å². The molecule has 1 atom stereocenters. The molecule has 3 aromatic rings. The molecule has 0 spiro atoms. The number of ether oxygens (including phenoxy) is 1. The average molecular weight is 335 g/mol. The maximum Gasteiger partial charge on any atom is 0.165 e. The molecule has 2 aromatic heterocycles. The number of imidazole rings is 1. The second-order valence-electron chi connectivity index (χ2n) is 6.88. The van der Waals surface area contributed by atoms with Gasteiger partial charge in [0.25, 0.3) is 0 Å². The Morgan fingerprint density at radius 2 is 1.96 bits per heavy atom. The van der Waals surface area contributed by atoms with Crippen LogP contribution in [0.4, 0.5) is 5.82 Å². The molecular formula is C19H21N5O. The molecule has 25 heavy (non-hydrogen) atoms. The highest BCUT2D eigenvalue weighted by Crippen LogP contribution is 2.37. The van der Waals surface area contributed by atoms with Gasteiger partial charge in [-0.1, -0.05) is 30.3 Å². The van der Waals surface area contributed by atoms with E-state index in [0.717, 1.165) is 36.5 Å². The van der Waals surface area contributed by atoms with E-state index in [9.17, 15) is 0 Å². The van der Waals surface area contributed by atoms with Crippen molar-refractivity contribution in [2.45, 2.75) is 31.4 Å². The van der Waals surface area contributed by atoms with Gasteiger partial charge in [0.15, 0.2) is 17.0 Å². The molecule has 2 aliphatic rings. The van der Waals surface area contributed by atoms with Crippen LogP contribution in [0, 0.1) is 0 Å². The molecule has 1 aliphatic heterocycles. The van der Waals surface area contributed by atoms with Crippen LogP contribution in [0.5, 0.6) is 0 Å². The van der Waals surface area contributed by atoms with E-state index in [-0.39, 0.29) is 6.10 Å². The Kier molecular flexibility index (Phi) is 3.63. The number of fused-ring (bicyclic) bond motifs is 1. The molecule has 2 fully saturated rings. The molecule has 3 heterocycles. The van der Waals surface area contributed by atoms with Gasteiger partial charge in [-0.2, -0.15) is 0 Å². The maximum atomic E-state index is 5.99. The van der Waals surface area contributed by atoms with E-state index in [4.69, 9.17) is 4.74 Å². The highest BCUT2D eigenvalue weighted by molar-refractivity contribution is 5.83. The van der Waals surface area contributed by atoms with Crippen molar-refractivity contribution >= 4 is 17.0 Å². The van der Waals surface area contributed by atoms with Crippen LogP contribution in [0.2, 0.25) is 0 Å². The van der Waals surface area contributed by atoms with Gasteiger partial charge in [-0.15, -0.1) is 0 Å². The number of hydrogen-bond acceptors (Lipinski definition) is 5. The molecule has 5 rings (SSSR count). The summed E-state index contributed by atoms with van der Waals surface area (Å²) in [6.07, 6.45) is 7.12. The number of anilines is 1. The van der Waals surface area contributed by atoms with Crippen molar-refractivity contribution in [3.8, 4) is 0 Å². The Morgan fingerprint density at radius 1 is 1.08 bits per heavy atom. The highest BCUT2D eigenvalue weighted by Gasteiger charge is 2.28. The Hall–Kier alpha value is -2.47. The number of hydrogen-bond donors (Lipinski definition) is 0. The SMILES string of the molecule is c1ccc(CC2CN(c3ncnc4c3ncn4C3CC3)CCO2)cc1. The lowest BCUT2D eigenvalue weighted by Gasteiger charge is -2.33. The van der Waals surface area contributed by atoms with Crippen molar-refractivity contribution in [3.05, 3.63) is 48.5 Å². The van der Waals surface area contributed by atoms with Crippen molar-refractivity contribution in [2.75, 3.05) is 24.6 Å². The Morgan fingerprint density at radius 3 is 2.80 bits per heavy atom. The second kappa shape index (κ2) is 6.11. The molecule has 1 saturated heterocycles. The molecule has 1 saturated carbocycles. The normalized spacial score (nSPS) is 21.0. The van der Waals surface area contributed by atoms with Crippen molar-refractivity contribution in [1.29, 1.82) is 0 Å². The minimum Gasteiger partial charge on any atom is -0.374 e. The maximum absolute atomic E-state index is 5.99. The molecule has 1 unspecified atom stereocenters. The number of nitrogens with zero attached hydrogens (tertiary/aromatic N) is 5. The molecule has 6 nitrogen and oxygen atoms in total. The third kappa shape index (κ3) is 2.87. The molecule has 1 aromatic carbocycles. The Bertz CT molecular complexity index is 874. The fourth-order valence-corrected chi connectivity index (χ4v) is 3.60. The van der Waals surface area contributed by atoms with Gasteiger partial charge in [-0.05, 0) is 18.4 Å². The summed E-state index contributed by atoms with van der Waals surface area (Å²) in [6.45, 7) is 2.39. The first-order valence-electron chi connectivity index (χ1n) is 8.96. The summed E-state index contributed by atoms with van der Waals surface area (Å²) in [4.78, 5) is 15.9. The van der Waals surface area contributed by atoms with Crippen LogP contribution in [-0.4, -0.2) is 45.3 Å². The topological polar surface area (TPSA) is 56.1 Å². The lowest BCUT2D eigenvalue weighted by atomic mass is 10.1. The van der Waals surface area contributed by atoms with Crippen LogP contribution in [0.3, 0.4) is 0 Å². The predicted molar refractivity (Wildman–Crippen MR) is 95.7 cm³/mol. The zero-order chi connectivity index (χ0) is 16.6. The first kappa shape index (κ1) is 14.8. The van der Waals surface area contributed by atoms with Gasteiger partial charge in [-0.3, -0.25) is 0 Å². The van der Waals surface area contributed by atoms with Crippen LogP contribution in [0.15, 0.2) is 43.0 Å². The quantitative estimate of drug-likeness (QED) is 0.733. The van der Waals surface area contributed by atoms with Gasteiger partial charge < -0.3 is 14.2 Å². The van der Waals surface area contributed by atoms with E-state index in [2.05, 4.69) is 48.7 Å². The zero-order valence-electron chi connectivity index (χ0n) is 14.1. The van der Waals surface area contributed by atoms with Gasteiger partial charge in [0.2, 0.25) is 0 Å². The van der Waals surface area contributed by atoms with Gasteiger partial charge >= 0.3 is 0 Å². The lowest BCUT2D eigenvalue weighted by molar-refractivity contribution is 0.0409. The minimum absolute atomic E-state index is 0.173. The molecule has 0 amide bonds. The standard InChI is InChI=1S/C19H21N5O/c1-2-4-14(5-3-1)10-16-11-23(8-9-25-16)18-17-19(21-12-20-18)24(13-22-17)15-6-7-15/h1-5,12-13,15-16H,6-11H2. The van der Waals surface area contributed by atoms with Crippen LogP contribution >= 0.6 is 0 Å². The Labute approximate surface area is 146 Å². The smallest absolute Gasteiger partial charge is 0.165 e. The first-order valence-corrected chi connectivity index (χ1v) is 8.96. The minimum atomic E-state index is 0.173. The third-order valence-electron chi connectivity index (χ3n) is 5.02. The molecule has 1 aliphatic carbocycles. The summed E-state index contributed by atoms with van der Waals surface area (Å²) in [5, 5.41) is 0. The van der Waals surface area contributed by atoms with Crippen LogP contribution in [0.25, 0.3) is 11.2 Å². The van der Waals surface area contributed by atoms with E-state index in [1.54, 1.807) is 6.33 Å².